The highest BCUT2D eigenvalue weighted by Gasteiger charge is 2.16. The predicted octanol–water partition coefficient (Wildman–Crippen LogP) is 3.65. The number of aromatic hydroxyl groups is 1. The third-order valence-electron chi connectivity index (χ3n) is 3.89. The minimum Gasteiger partial charge on any atom is -0.508 e. The summed E-state index contributed by atoms with van der Waals surface area (Å²) in [5, 5.41) is 9.49. The van der Waals surface area contributed by atoms with Gasteiger partial charge in [0.05, 0.1) is 0 Å². The van der Waals surface area contributed by atoms with Crippen LogP contribution in [0.1, 0.15) is 23.1 Å². The van der Waals surface area contributed by atoms with Crippen molar-refractivity contribution < 1.29 is 5.11 Å². The molecule has 0 fully saturated rings. The van der Waals surface area contributed by atoms with Gasteiger partial charge in [0.15, 0.2) is 0 Å². The second-order valence-corrected chi connectivity index (χ2v) is 5.26. The molecule has 0 aromatic heterocycles. The van der Waals surface area contributed by atoms with Gasteiger partial charge >= 0.3 is 0 Å². The summed E-state index contributed by atoms with van der Waals surface area (Å²) in [4.78, 5) is 2.44. The molecule has 1 N–H and O–H groups in total. The number of nitrogens with zero attached hydrogens (tertiary/aromatic N) is 1. The van der Waals surface area contributed by atoms with Crippen LogP contribution in [-0.2, 0) is 13.0 Å². The fourth-order valence-electron chi connectivity index (χ4n) is 2.84. The standard InChI is InChI=1S/C17H19NO/c1-13-11-16(19)9-8-15(13)12-18-10-4-6-14-5-2-3-7-17(14)18/h2-3,5,7-9,11,19H,4,6,10,12H2,1H3. The summed E-state index contributed by atoms with van der Waals surface area (Å²) in [6.45, 7) is 4.09. The Labute approximate surface area is 114 Å². The number of hydrogen-bond donors (Lipinski definition) is 1. The lowest BCUT2D eigenvalue weighted by Crippen LogP contribution is -2.28. The SMILES string of the molecule is Cc1cc(O)ccc1CN1CCCc2ccccc21. The molecule has 0 unspecified atom stereocenters. The molecule has 2 heteroatoms. The highest BCUT2D eigenvalue weighted by molar-refractivity contribution is 5.56. The molecule has 0 bridgehead atoms. The summed E-state index contributed by atoms with van der Waals surface area (Å²) in [7, 11) is 0. The summed E-state index contributed by atoms with van der Waals surface area (Å²) >= 11 is 0. The molecule has 0 aliphatic carbocycles. The highest BCUT2D eigenvalue weighted by atomic mass is 16.3. The monoisotopic (exact) mass is 253 g/mol. The number of benzene rings is 2. The van der Waals surface area contributed by atoms with Gasteiger partial charge < -0.3 is 10.0 Å². The van der Waals surface area contributed by atoms with E-state index < -0.39 is 0 Å². The Hall–Kier alpha value is -1.96. The Morgan fingerprint density at radius 3 is 2.84 bits per heavy atom. The van der Waals surface area contributed by atoms with E-state index in [-0.39, 0.29) is 0 Å². The van der Waals surface area contributed by atoms with Crippen LogP contribution < -0.4 is 4.90 Å². The van der Waals surface area contributed by atoms with Crippen molar-refractivity contribution in [2.24, 2.45) is 0 Å². The van der Waals surface area contributed by atoms with Crippen molar-refractivity contribution in [1.82, 2.24) is 0 Å². The molecule has 1 aliphatic rings. The summed E-state index contributed by atoms with van der Waals surface area (Å²) in [6, 6.07) is 14.3. The van der Waals surface area contributed by atoms with Gasteiger partial charge in [0, 0.05) is 18.8 Å². The third kappa shape index (κ3) is 2.43. The molecule has 2 nitrogen and oxygen atoms in total. The maximum absolute atomic E-state index is 9.49. The quantitative estimate of drug-likeness (QED) is 0.883. The molecule has 0 amide bonds. The van der Waals surface area contributed by atoms with Crippen LogP contribution in [0.3, 0.4) is 0 Å². The van der Waals surface area contributed by atoms with Gasteiger partial charge in [-0.05, 0) is 54.7 Å². The van der Waals surface area contributed by atoms with E-state index in [4.69, 9.17) is 0 Å². The molecule has 0 spiro atoms. The second-order valence-electron chi connectivity index (χ2n) is 5.26. The lowest BCUT2D eigenvalue weighted by molar-refractivity contribution is 0.474. The first-order chi connectivity index (χ1) is 9.24. The normalized spacial score (nSPS) is 14.3. The van der Waals surface area contributed by atoms with E-state index in [0.29, 0.717) is 5.75 Å². The van der Waals surface area contributed by atoms with Crippen molar-refractivity contribution in [3.05, 3.63) is 59.2 Å². The molecular weight excluding hydrogens is 234 g/mol. The predicted molar refractivity (Wildman–Crippen MR) is 78.7 cm³/mol. The van der Waals surface area contributed by atoms with Crippen LogP contribution in [-0.4, -0.2) is 11.7 Å². The van der Waals surface area contributed by atoms with Crippen molar-refractivity contribution >= 4 is 5.69 Å². The molecule has 2 aromatic carbocycles. The Kier molecular flexibility index (Phi) is 3.16. The Bertz CT molecular complexity index is 592. The van der Waals surface area contributed by atoms with Crippen molar-refractivity contribution in [2.45, 2.75) is 26.3 Å². The van der Waals surface area contributed by atoms with E-state index in [9.17, 15) is 5.11 Å². The van der Waals surface area contributed by atoms with Crippen LogP contribution >= 0.6 is 0 Å². The molecule has 1 heterocycles. The summed E-state index contributed by atoms with van der Waals surface area (Å²) in [5.74, 6) is 0.347. The molecule has 3 rings (SSSR count). The van der Waals surface area contributed by atoms with E-state index in [0.717, 1.165) is 18.7 Å². The number of fused-ring (bicyclic) bond motifs is 1. The van der Waals surface area contributed by atoms with Gasteiger partial charge in [0.25, 0.3) is 0 Å². The largest absolute Gasteiger partial charge is 0.508 e. The fraction of sp³-hybridized carbons (Fsp3) is 0.294. The average Bonchev–Trinajstić information content (AvgIpc) is 2.42. The van der Waals surface area contributed by atoms with Gasteiger partial charge in [-0.2, -0.15) is 0 Å². The Morgan fingerprint density at radius 2 is 2.00 bits per heavy atom. The zero-order valence-electron chi connectivity index (χ0n) is 11.3. The van der Waals surface area contributed by atoms with Crippen molar-refractivity contribution in [3.8, 4) is 5.75 Å². The lowest BCUT2D eigenvalue weighted by atomic mass is 10.00. The first-order valence-electron chi connectivity index (χ1n) is 6.85. The van der Waals surface area contributed by atoms with Gasteiger partial charge in [-0.15, -0.1) is 0 Å². The molecule has 0 saturated heterocycles. The van der Waals surface area contributed by atoms with Gasteiger partial charge in [-0.25, -0.2) is 0 Å². The van der Waals surface area contributed by atoms with Gasteiger partial charge in [-0.1, -0.05) is 24.3 Å². The lowest BCUT2D eigenvalue weighted by Gasteiger charge is -2.31. The summed E-state index contributed by atoms with van der Waals surface area (Å²) in [5.41, 5.74) is 5.25. The van der Waals surface area contributed by atoms with Crippen LogP contribution in [0, 0.1) is 6.92 Å². The van der Waals surface area contributed by atoms with E-state index in [1.165, 1.54) is 29.7 Å². The average molecular weight is 253 g/mol. The van der Waals surface area contributed by atoms with Crippen molar-refractivity contribution in [1.29, 1.82) is 0 Å². The Morgan fingerprint density at radius 1 is 1.16 bits per heavy atom. The Balaban J connectivity index is 1.88. The van der Waals surface area contributed by atoms with E-state index in [1.54, 1.807) is 6.07 Å². The molecule has 1 aliphatic heterocycles. The van der Waals surface area contributed by atoms with Crippen molar-refractivity contribution in [3.63, 3.8) is 0 Å². The van der Waals surface area contributed by atoms with Gasteiger partial charge in [0.1, 0.15) is 5.75 Å². The smallest absolute Gasteiger partial charge is 0.115 e. The number of phenolic OH excluding ortho intramolecular Hbond substituents is 1. The number of aryl methyl sites for hydroxylation is 2. The van der Waals surface area contributed by atoms with Crippen LogP contribution in [0.2, 0.25) is 0 Å². The fourth-order valence-corrected chi connectivity index (χ4v) is 2.84. The van der Waals surface area contributed by atoms with Crippen LogP contribution in [0.15, 0.2) is 42.5 Å². The van der Waals surface area contributed by atoms with Gasteiger partial charge in [-0.3, -0.25) is 0 Å². The van der Waals surface area contributed by atoms with E-state index >= 15 is 0 Å². The number of rotatable bonds is 2. The minimum atomic E-state index is 0.347. The molecule has 2 aromatic rings. The van der Waals surface area contributed by atoms with E-state index in [1.807, 2.05) is 12.1 Å². The zero-order chi connectivity index (χ0) is 13.2. The highest BCUT2D eigenvalue weighted by Crippen LogP contribution is 2.29. The number of hydrogen-bond acceptors (Lipinski definition) is 2. The van der Waals surface area contributed by atoms with Crippen molar-refractivity contribution in [2.75, 3.05) is 11.4 Å². The minimum absolute atomic E-state index is 0.347. The molecule has 0 radical (unpaired) electrons. The molecule has 0 atom stereocenters. The topological polar surface area (TPSA) is 23.5 Å². The first kappa shape index (κ1) is 12.1. The molecule has 0 saturated carbocycles. The molecule has 19 heavy (non-hydrogen) atoms. The van der Waals surface area contributed by atoms with Crippen LogP contribution in [0.25, 0.3) is 0 Å². The first-order valence-corrected chi connectivity index (χ1v) is 6.85. The van der Waals surface area contributed by atoms with Gasteiger partial charge in [0.2, 0.25) is 0 Å². The molecular formula is C17H19NO. The summed E-state index contributed by atoms with van der Waals surface area (Å²) < 4.78 is 0. The maximum atomic E-state index is 9.49. The zero-order valence-corrected chi connectivity index (χ0v) is 11.3. The number of phenols is 1. The number of para-hydroxylation sites is 1. The van der Waals surface area contributed by atoms with E-state index in [2.05, 4.69) is 36.1 Å². The second kappa shape index (κ2) is 4.96. The van der Waals surface area contributed by atoms with Crippen LogP contribution in [0.5, 0.6) is 5.75 Å². The maximum Gasteiger partial charge on any atom is 0.115 e. The third-order valence-corrected chi connectivity index (χ3v) is 3.89. The molecule has 98 valence electrons. The van der Waals surface area contributed by atoms with Crippen LogP contribution in [0.4, 0.5) is 5.69 Å². The number of anilines is 1. The summed E-state index contributed by atoms with van der Waals surface area (Å²) in [6.07, 6.45) is 2.40.